The molecule has 1 aromatic carbocycles. The molecule has 1 rings (SSSR count). The van der Waals surface area contributed by atoms with E-state index in [0.717, 1.165) is 17.3 Å². The number of amides is 2. The summed E-state index contributed by atoms with van der Waals surface area (Å²) in [5.41, 5.74) is 0.290. The standard InChI is InChI=1S/C16H26N4O4S/c1-19(2)11-5-10-17-15(21)12-18-16(22)13-6-8-14(9-7-13)25(23,24)20(3)4/h6-9H,5,10-12H2,1-4H3,(H,17,21)(H,18,22). The van der Waals surface area contributed by atoms with Gasteiger partial charge in [0, 0.05) is 26.2 Å². The van der Waals surface area contributed by atoms with Crippen LogP contribution in [0, 0.1) is 0 Å². The van der Waals surface area contributed by atoms with E-state index in [-0.39, 0.29) is 22.9 Å². The molecule has 0 saturated carbocycles. The average Bonchev–Trinajstić information content (AvgIpc) is 2.56. The van der Waals surface area contributed by atoms with Crippen LogP contribution in [0.2, 0.25) is 0 Å². The second-order valence-electron chi connectivity index (χ2n) is 6.00. The molecule has 0 fully saturated rings. The van der Waals surface area contributed by atoms with Crippen LogP contribution in [0.4, 0.5) is 0 Å². The highest BCUT2D eigenvalue weighted by Gasteiger charge is 2.17. The molecular weight excluding hydrogens is 344 g/mol. The number of hydrogen-bond acceptors (Lipinski definition) is 5. The lowest BCUT2D eigenvalue weighted by molar-refractivity contribution is -0.120. The second kappa shape index (κ2) is 9.50. The summed E-state index contributed by atoms with van der Waals surface area (Å²) in [5.74, 6) is -0.698. The summed E-state index contributed by atoms with van der Waals surface area (Å²) in [4.78, 5) is 25.8. The van der Waals surface area contributed by atoms with Gasteiger partial charge >= 0.3 is 0 Å². The maximum atomic E-state index is 12.0. The number of hydrogen-bond donors (Lipinski definition) is 2. The minimum Gasteiger partial charge on any atom is -0.355 e. The zero-order valence-corrected chi connectivity index (χ0v) is 15.9. The monoisotopic (exact) mass is 370 g/mol. The average molecular weight is 370 g/mol. The first-order valence-corrected chi connectivity index (χ1v) is 9.31. The molecule has 25 heavy (non-hydrogen) atoms. The molecule has 0 spiro atoms. The first-order chi connectivity index (χ1) is 11.6. The van der Waals surface area contributed by atoms with Crippen molar-refractivity contribution in [2.24, 2.45) is 0 Å². The molecule has 0 bridgehead atoms. The minimum atomic E-state index is -3.53. The Kier molecular flexibility index (Phi) is 8.01. The van der Waals surface area contributed by atoms with Crippen molar-refractivity contribution in [3.63, 3.8) is 0 Å². The van der Waals surface area contributed by atoms with E-state index in [0.29, 0.717) is 6.54 Å². The largest absolute Gasteiger partial charge is 0.355 e. The van der Waals surface area contributed by atoms with Gasteiger partial charge in [-0.3, -0.25) is 9.59 Å². The maximum Gasteiger partial charge on any atom is 0.251 e. The number of rotatable bonds is 9. The quantitative estimate of drug-likeness (QED) is 0.583. The van der Waals surface area contributed by atoms with Crippen LogP contribution >= 0.6 is 0 Å². The van der Waals surface area contributed by atoms with Crippen LogP contribution in [0.3, 0.4) is 0 Å². The highest BCUT2D eigenvalue weighted by Crippen LogP contribution is 2.13. The van der Waals surface area contributed by atoms with Gasteiger partial charge < -0.3 is 15.5 Å². The Bertz CT molecular complexity index is 685. The Morgan fingerprint density at radius 1 is 1.00 bits per heavy atom. The van der Waals surface area contributed by atoms with E-state index < -0.39 is 15.9 Å². The number of sulfonamides is 1. The lowest BCUT2D eigenvalue weighted by atomic mass is 10.2. The number of nitrogens with zero attached hydrogens (tertiary/aromatic N) is 2. The van der Waals surface area contributed by atoms with Crippen LogP contribution in [-0.2, 0) is 14.8 Å². The van der Waals surface area contributed by atoms with E-state index in [1.807, 2.05) is 19.0 Å². The summed E-state index contributed by atoms with van der Waals surface area (Å²) in [6.07, 6.45) is 0.828. The van der Waals surface area contributed by atoms with Gasteiger partial charge in [-0.1, -0.05) is 0 Å². The topological polar surface area (TPSA) is 98.8 Å². The molecule has 0 atom stereocenters. The first kappa shape index (κ1) is 21.1. The smallest absolute Gasteiger partial charge is 0.251 e. The number of nitrogens with one attached hydrogen (secondary N) is 2. The van der Waals surface area contributed by atoms with E-state index >= 15 is 0 Å². The van der Waals surface area contributed by atoms with Gasteiger partial charge in [-0.15, -0.1) is 0 Å². The molecule has 0 saturated heterocycles. The lowest BCUT2D eigenvalue weighted by Crippen LogP contribution is -2.37. The van der Waals surface area contributed by atoms with Gasteiger partial charge in [0.2, 0.25) is 15.9 Å². The van der Waals surface area contributed by atoms with E-state index in [2.05, 4.69) is 10.6 Å². The molecule has 1 aromatic rings. The fraction of sp³-hybridized carbons (Fsp3) is 0.500. The molecule has 0 aliphatic rings. The van der Waals surface area contributed by atoms with E-state index in [1.165, 1.54) is 38.4 Å². The van der Waals surface area contributed by atoms with Crippen molar-refractivity contribution in [2.75, 3.05) is 47.8 Å². The summed E-state index contributed by atoms with van der Waals surface area (Å²) in [5, 5.41) is 5.23. The Labute approximate surface area is 149 Å². The van der Waals surface area contributed by atoms with Crippen LogP contribution < -0.4 is 10.6 Å². The van der Waals surface area contributed by atoms with Gasteiger partial charge in [-0.25, -0.2) is 12.7 Å². The molecule has 8 nitrogen and oxygen atoms in total. The van der Waals surface area contributed by atoms with Crippen LogP contribution in [0.15, 0.2) is 29.2 Å². The maximum absolute atomic E-state index is 12.0. The van der Waals surface area contributed by atoms with Gasteiger partial charge in [0.15, 0.2) is 0 Å². The van der Waals surface area contributed by atoms with Crippen molar-refractivity contribution in [3.05, 3.63) is 29.8 Å². The van der Waals surface area contributed by atoms with Crippen LogP contribution in [-0.4, -0.2) is 77.3 Å². The lowest BCUT2D eigenvalue weighted by Gasteiger charge is -2.12. The summed E-state index contributed by atoms with van der Waals surface area (Å²) in [6.45, 7) is 1.29. The fourth-order valence-electron chi connectivity index (χ4n) is 1.94. The normalized spacial score (nSPS) is 11.6. The zero-order valence-electron chi connectivity index (χ0n) is 15.1. The fourth-order valence-corrected chi connectivity index (χ4v) is 2.84. The van der Waals surface area contributed by atoms with Crippen molar-refractivity contribution in [1.29, 1.82) is 0 Å². The Morgan fingerprint density at radius 2 is 1.60 bits per heavy atom. The third-order valence-corrected chi connectivity index (χ3v) is 5.24. The first-order valence-electron chi connectivity index (χ1n) is 7.87. The molecule has 2 N–H and O–H groups in total. The van der Waals surface area contributed by atoms with Gasteiger partial charge in [-0.05, 0) is 51.3 Å². The van der Waals surface area contributed by atoms with Gasteiger partial charge in [0.1, 0.15) is 0 Å². The highest BCUT2D eigenvalue weighted by atomic mass is 32.2. The highest BCUT2D eigenvalue weighted by molar-refractivity contribution is 7.89. The van der Waals surface area contributed by atoms with E-state index in [9.17, 15) is 18.0 Å². The number of carbonyl (C=O) groups excluding carboxylic acids is 2. The summed E-state index contributed by atoms with van der Waals surface area (Å²) < 4.78 is 25.0. The molecule has 0 radical (unpaired) electrons. The molecule has 0 heterocycles. The molecule has 0 aliphatic carbocycles. The van der Waals surface area contributed by atoms with Gasteiger partial charge in [0.05, 0.1) is 11.4 Å². The molecule has 0 aliphatic heterocycles. The predicted octanol–water partition coefficient (Wildman–Crippen LogP) is -0.265. The van der Waals surface area contributed by atoms with Gasteiger partial charge in [0.25, 0.3) is 5.91 Å². The third-order valence-electron chi connectivity index (χ3n) is 3.41. The third kappa shape index (κ3) is 6.81. The molecule has 0 unspecified atom stereocenters. The molecule has 9 heteroatoms. The molecule has 2 amide bonds. The second-order valence-corrected chi connectivity index (χ2v) is 8.15. The Balaban J connectivity index is 2.49. The number of benzene rings is 1. The van der Waals surface area contributed by atoms with Crippen molar-refractivity contribution >= 4 is 21.8 Å². The summed E-state index contributed by atoms with van der Waals surface area (Å²) >= 11 is 0. The number of carbonyl (C=O) groups is 2. The summed E-state index contributed by atoms with van der Waals surface area (Å²) in [6, 6.07) is 5.57. The minimum absolute atomic E-state index is 0.104. The van der Waals surface area contributed by atoms with Crippen molar-refractivity contribution in [3.8, 4) is 0 Å². The predicted molar refractivity (Wildman–Crippen MR) is 95.8 cm³/mol. The van der Waals surface area contributed by atoms with Crippen molar-refractivity contribution in [1.82, 2.24) is 19.8 Å². The van der Waals surface area contributed by atoms with E-state index in [4.69, 9.17) is 0 Å². The summed E-state index contributed by atoms with van der Waals surface area (Å²) in [7, 11) is 3.26. The van der Waals surface area contributed by atoms with Crippen LogP contribution in [0.1, 0.15) is 16.8 Å². The zero-order chi connectivity index (χ0) is 19.0. The Morgan fingerprint density at radius 3 is 2.12 bits per heavy atom. The van der Waals surface area contributed by atoms with Crippen molar-refractivity contribution in [2.45, 2.75) is 11.3 Å². The van der Waals surface area contributed by atoms with Gasteiger partial charge in [-0.2, -0.15) is 0 Å². The Hall–Kier alpha value is -1.97. The SMILES string of the molecule is CN(C)CCCNC(=O)CNC(=O)c1ccc(S(=O)(=O)N(C)C)cc1. The van der Waals surface area contributed by atoms with Crippen LogP contribution in [0.5, 0.6) is 0 Å². The molecular formula is C16H26N4O4S. The van der Waals surface area contributed by atoms with E-state index in [1.54, 1.807) is 0 Å². The van der Waals surface area contributed by atoms with Crippen LogP contribution in [0.25, 0.3) is 0 Å². The molecule has 0 aromatic heterocycles. The van der Waals surface area contributed by atoms with Crippen molar-refractivity contribution < 1.29 is 18.0 Å². The molecule has 140 valence electrons.